The second kappa shape index (κ2) is 8.37. The fourth-order valence-corrected chi connectivity index (χ4v) is 3.48. The van der Waals surface area contributed by atoms with Gasteiger partial charge in [-0.1, -0.05) is 18.2 Å². The molecule has 30 heavy (non-hydrogen) atoms. The van der Waals surface area contributed by atoms with E-state index in [4.69, 9.17) is 23.4 Å². The van der Waals surface area contributed by atoms with E-state index in [1.54, 1.807) is 27.4 Å². The number of furan rings is 1. The van der Waals surface area contributed by atoms with Crippen molar-refractivity contribution in [3.63, 3.8) is 0 Å². The number of carbonyl (C=O) groups is 1. The zero-order chi connectivity index (χ0) is 21.1. The first-order chi connectivity index (χ1) is 14.6. The molecule has 0 aliphatic carbocycles. The largest absolute Gasteiger partial charge is 0.493 e. The third kappa shape index (κ3) is 3.76. The van der Waals surface area contributed by atoms with Crippen molar-refractivity contribution in [2.24, 2.45) is 0 Å². The van der Waals surface area contributed by atoms with E-state index in [-0.39, 0.29) is 12.4 Å². The highest BCUT2D eigenvalue weighted by Gasteiger charge is 2.15. The van der Waals surface area contributed by atoms with Crippen LogP contribution in [-0.4, -0.2) is 27.3 Å². The van der Waals surface area contributed by atoms with Crippen LogP contribution in [0.1, 0.15) is 12.0 Å². The lowest BCUT2D eigenvalue weighted by Crippen LogP contribution is -2.09. The average Bonchev–Trinajstić information content (AvgIpc) is 3.14. The summed E-state index contributed by atoms with van der Waals surface area (Å²) in [6.45, 7) is 0. The number of ether oxygens (including phenoxy) is 4. The Bertz CT molecular complexity index is 1180. The minimum Gasteiger partial charge on any atom is -0.493 e. The number of carbonyl (C=O) groups excluding carboxylic acids is 1. The first-order valence-corrected chi connectivity index (χ1v) is 9.53. The Hall–Kier alpha value is -3.67. The van der Waals surface area contributed by atoms with Crippen molar-refractivity contribution >= 4 is 27.9 Å². The van der Waals surface area contributed by atoms with Gasteiger partial charge in [-0.15, -0.1) is 0 Å². The molecule has 0 radical (unpaired) electrons. The van der Waals surface area contributed by atoms with Gasteiger partial charge in [-0.25, -0.2) is 0 Å². The predicted molar refractivity (Wildman–Crippen MR) is 114 cm³/mol. The number of esters is 1. The summed E-state index contributed by atoms with van der Waals surface area (Å²) in [7, 11) is 4.67. The summed E-state index contributed by atoms with van der Waals surface area (Å²) in [4.78, 5) is 12.4. The maximum absolute atomic E-state index is 12.4. The lowest BCUT2D eigenvalue weighted by Gasteiger charge is -2.14. The average molecular weight is 406 g/mol. The molecule has 154 valence electrons. The van der Waals surface area contributed by atoms with Crippen molar-refractivity contribution in [3.05, 3.63) is 60.2 Å². The second-order valence-electron chi connectivity index (χ2n) is 6.76. The predicted octanol–water partition coefficient (Wildman–Crippen LogP) is 5.15. The maximum atomic E-state index is 12.4. The van der Waals surface area contributed by atoms with Crippen LogP contribution in [0, 0.1) is 0 Å². The fourth-order valence-electron chi connectivity index (χ4n) is 3.48. The van der Waals surface area contributed by atoms with E-state index in [0.29, 0.717) is 29.4 Å². The van der Waals surface area contributed by atoms with Gasteiger partial charge in [0, 0.05) is 17.2 Å². The third-order valence-corrected chi connectivity index (χ3v) is 4.92. The quantitative estimate of drug-likeness (QED) is 0.312. The Kier molecular flexibility index (Phi) is 5.48. The molecule has 0 aliphatic rings. The lowest BCUT2D eigenvalue weighted by molar-refractivity contribution is -0.134. The summed E-state index contributed by atoms with van der Waals surface area (Å²) in [6, 6.07) is 16.8. The van der Waals surface area contributed by atoms with Crippen molar-refractivity contribution in [3.8, 4) is 23.0 Å². The highest BCUT2D eigenvalue weighted by atomic mass is 16.5. The highest BCUT2D eigenvalue weighted by molar-refractivity contribution is 6.05. The van der Waals surface area contributed by atoms with Crippen LogP contribution in [0.3, 0.4) is 0 Å². The summed E-state index contributed by atoms with van der Waals surface area (Å²) >= 11 is 0. The molecule has 0 saturated heterocycles. The van der Waals surface area contributed by atoms with Crippen LogP contribution >= 0.6 is 0 Å². The van der Waals surface area contributed by atoms with Gasteiger partial charge in [0.05, 0.1) is 21.3 Å². The molecule has 0 unspecified atom stereocenters. The Morgan fingerprint density at radius 1 is 0.833 bits per heavy atom. The van der Waals surface area contributed by atoms with E-state index >= 15 is 0 Å². The van der Waals surface area contributed by atoms with Crippen molar-refractivity contribution in [1.82, 2.24) is 0 Å². The molecule has 3 aromatic carbocycles. The van der Waals surface area contributed by atoms with Gasteiger partial charge in [0.1, 0.15) is 16.9 Å². The van der Waals surface area contributed by atoms with E-state index in [0.717, 1.165) is 27.5 Å². The Morgan fingerprint density at radius 3 is 2.23 bits per heavy atom. The normalized spacial score (nSPS) is 10.9. The summed E-state index contributed by atoms with van der Waals surface area (Å²) in [5, 5.41) is 1.91. The van der Waals surface area contributed by atoms with Crippen LogP contribution < -0.4 is 18.9 Å². The number of para-hydroxylation sites is 1. The monoisotopic (exact) mass is 406 g/mol. The SMILES string of the molecule is COc1cc(CCC(=O)Oc2ccc3oc4ccccc4c3c2)cc(OC)c1OC. The van der Waals surface area contributed by atoms with Gasteiger partial charge in [0.2, 0.25) is 5.75 Å². The van der Waals surface area contributed by atoms with Gasteiger partial charge in [-0.05, 0) is 48.4 Å². The van der Waals surface area contributed by atoms with Crippen LogP contribution in [0.5, 0.6) is 23.0 Å². The fraction of sp³-hybridized carbons (Fsp3) is 0.208. The molecule has 0 amide bonds. The second-order valence-corrected chi connectivity index (χ2v) is 6.76. The first-order valence-electron chi connectivity index (χ1n) is 9.53. The molecule has 6 heteroatoms. The minimum absolute atomic E-state index is 0.211. The number of rotatable bonds is 7. The molecule has 4 rings (SSSR count). The van der Waals surface area contributed by atoms with E-state index in [1.165, 1.54) is 0 Å². The molecule has 1 heterocycles. The van der Waals surface area contributed by atoms with Gasteiger partial charge in [0.25, 0.3) is 0 Å². The third-order valence-electron chi connectivity index (χ3n) is 4.92. The molecule has 6 nitrogen and oxygen atoms in total. The van der Waals surface area contributed by atoms with E-state index in [1.807, 2.05) is 48.5 Å². The van der Waals surface area contributed by atoms with Gasteiger partial charge >= 0.3 is 5.97 Å². The summed E-state index contributed by atoms with van der Waals surface area (Å²) < 4.78 is 27.4. The van der Waals surface area contributed by atoms with Crippen LogP contribution in [0.25, 0.3) is 21.9 Å². The molecule has 0 saturated carbocycles. The van der Waals surface area contributed by atoms with Crippen LogP contribution in [0.15, 0.2) is 59.0 Å². The molecule has 0 atom stereocenters. The van der Waals surface area contributed by atoms with Gasteiger partial charge in [-0.2, -0.15) is 0 Å². The van der Waals surface area contributed by atoms with Gasteiger partial charge < -0.3 is 23.4 Å². The van der Waals surface area contributed by atoms with Gasteiger partial charge in [0.15, 0.2) is 11.5 Å². The zero-order valence-electron chi connectivity index (χ0n) is 17.1. The molecule has 4 aromatic rings. The van der Waals surface area contributed by atoms with Crippen molar-refractivity contribution in [2.75, 3.05) is 21.3 Å². The first kappa shape index (κ1) is 19.6. The molecule has 0 fully saturated rings. The Morgan fingerprint density at radius 2 is 1.53 bits per heavy atom. The molecule has 1 aromatic heterocycles. The summed E-state index contributed by atoms with van der Waals surface area (Å²) in [5.41, 5.74) is 2.45. The number of hydrogen-bond donors (Lipinski definition) is 0. The summed E-state index contributed by atoms with van der Waals surface area (Å²) in [6.07, 6.45) is 0.690. The van der Waals surface area contributed by atoms with Crippen molar-refractivity contribution in [1.29, 1.82) is 0 Å². The molecular weight excluding hydrogens is 384 g/mol. The van der Waals surface area contributed by atoms with E-state index in [9.17, 15) is 4.79 Å². The standard InChI is InChI=1S/C24H22O6/c1-26-21-12-15(13-22(27-2)24(21)28-3)8-11-23(25)29-16-9-10-20-18(14-16)17-6-4-5-7-19(17)30-20/h4-7,9-10,12-14H,8,11H2,1-3H3. The number of fused-ring (bicyclic) bond motifs is 3. The summed E-state index contributed by atoms with van der Waals surface area (Å²) in [5.74, 6) is 1.79. The zero-order valence-corrected chi connectivity index (χ0v) is 17.1. The van der Waals surface area contributed by atoms with Crippen molar-refractivity contribution < 1.29 is 28.2 Å². The number of hydrogen-bond acceptors (Lipinski definition) is 6. The molecule has 0 bridgehead atoms. The Labute approximate surface area is 173 Å². The van der Waals surface area contributed by atoms with Crippen LogP contribution in [-0.2, 0) is 11.2 Å². The number of benzene rings is 3. The molecule has 0 N–H and O–H groups in total. The highest BCUT2D eigenvalue weighted by Crippen LogP contribution is 2.38. The topological polar surface area (TPSA) is 67.1 Å². The molecule has 0 spiro atoms. The van der Waals surface area contributed by atoms with Gasteiger partial charge in [-0.3, -0.25) is 4.79 Å². The maximum Gasteiger partial charge on any atom is 0.311 e. The Balaban J connectivity index is 1.48. The lowest BCUT2D eigenvalue weighted by atomic mass is 10.1. The minimum atomic E-state index is -0.323. The van der Waals surface area contributed by atoms with Crippen LogP contribution in [0.2, 0.25) is 0 Å². The van der Waals surface area contributed by atoms with E-state index in [2.05, 4.69) is 0 Å². The number of aryl methyl sites for hydroxylation is 1. The molecular formula is C24H22O6. The number of methoxy groups -OCH3 is 3. The smallest absolute Gasteiger partial charge is 0.311 e. The van der Waals surface area contributed by atoms with Crippen LogP contribution in [0.4, 0.5) is 0 Å². The van der Waals surface area contributed by atoms with Crippen molar-refractivity contribution in [2.45, 2.75) is 12.8 Å². The van der Waals surface area contributed by atoms with E-state index < -0.39 is 0 Å². The molecule has 0 aliphatic heterocycles.